The van der Waals surface area contributed by atoms with Crippen LogP contribution in [0, 0.1) is 6.92 Å². The predicted molar refractivity (Wildman–Crippen MR) is 159 cm³/mol. The minimum Gasteiger partial charge on any atom is -0.468 e. The van der Waals surface area contributed by atoms with Crippen molar-refractivity contribution < 1.29 is 28.2 Å². The predicted octanol–water partition coefficient (Wildman–Crippen LogP) is 4.98. The molecule has 2 heterocycles. The first-order valence-electron chi connectivity index (χ1n) is 13.3. The number of hydrogen-bond donors (Lipinski definition) is 3. The normalized spacial score (nSPS) is 16.3. The molecule has 0 saturated carbocycles. The lowest BCUT2D eigenvalue weighted by atomic mass is 10.0. The number of nitrogens with one attached hydrogen (secondary N) is 3. The molecule has 1 aliphatic heterocycles. The van der Waals surface area contributed by atoms with Crippen LogP contribution < -0.4 is 14.9 Å². The van der Waals surface area contributed by atoms with Crippen molar-refractivity contribution in [1.82, 2.24) is 25.3 Å². The summed E-state index contributed by atoms with van der Waals surface area (Å²) in [5.74, 6) is -0.943. The van der Waals surface area contributed by atoms with Crippen molar-refractivity contribution in [3.63, 3.8) is 0 Å². The van der Waals surface area contributed by atoms with E-state index in [4.69, 9.17) is 32.5 Å². The van der Waals surface area contributed by atoms with Crippen LogP contribution in [0.4, 0.5) is 0 Å². The SMILES string of the molecule is COC(=O)[C@H](C)NP(=O)(Oc1ccc(C)cc1)N1CCC(NC(=O)c2[nH]ncc2CC(=O)c2c(Cl)cccc2Cl)CC1. The summed E-state index contributed by atoms with van der Waals surface area (Å²) < 4.78 is 26.5. The Morgan fingerprint density at radius 3 is 2.38 bits per heavy atom. The van der Waals surface area contributed by atoms with Crippen molar-refractivity contribution in [1.29, 1.82) is 0 Å². The Hall–Kier alpha value is -3.21. The molecule has 0 spiro atoms. The standard InChI is InChI=1S/C28H32Cl2N5O6P/c1-17-7-9-21(10-8-17)41-42(39,34-18(2)28(38)40-3)35-13-11-20(12-14-35)32-27(37)26-19(16-31-33-26)15-24(36)25-22(29)5-4-6-23(25)30/h4-10,16,18,20H,11-15H2,1-3H3,(H,31,33)(H,32,37)(H,34,39)/t18-,42?/m0/s1. The lowest BCUT2D eigenvalue weighted by molar-refractivity contribution is -0.142. The Morgan fingerprint density at radius 1 is 1.12 bits per heavy atom. The fourth-order valence-corrected chi connectivity index (χ4v) is 7.28. The maximum Gasteiger partial charge on any atom is 0.393 e. The zero-order chi connectivity index (χ0) is 30.4. The highest BCUT2D eigenvalue weighted by Crippen LogP contribution is 2.49. The van der Waals surface area contributed by atoms with Crippen LogP contribution in [0.5, 0.6) is 5.75 Å². The Kier molecular flexibility index (Phi) is 10.5. The van der Waals surface area contributed by atoms with Crippen LogP contribution in [-0.2, 0) is 20.5 Å². The van der Waals surface area contributed by atoms with Crippen LogP contribution in [0.15, 0.2) is 48.7 Å². The largest absolute Gasteiger partial charge is 0.468 e. The molecule has 0 radical (unpaired) electrons. The third kappa shape index (κ3) is 7.59. The molecule has 0 bridgehead atoms. The molecule has 1 fully saturated rings. The molecule has 4 rings (SSSR count). The summed E-state index contributed by atoms with van der Waals surface area (Å²) >= 11 is 12.3. The van der Waals surface area contributed by atoms with Gasteiger partial charge in [0.25, 0.3) is 5.91 Å². The second-order valence-corrected chi connectivity index (χ2v) is 12.8. The topological polar surface area (TPSA) is 143 Å². The van der Waals surface area contributed by atoms with Gasteiger partial charge in [0.2, 0.25) is 0 Å². The van der Waals surface area contributed by atoms with Gasteiger partial charge in [0.15, 0.2) is 5.78 Å². The molecule has 2 atom stereocenters. The number of hydrogen-bond acceptors (Lipinski definition) is 7. The molecule has 11 nitrogen and oxygen atoms in total. The van der Waals surface area contributed by atoms with Gasteiger partial charge in [-0.2, -0.15) is 5.10 Å². The fraction of sp³-hybridized carbons (Fsp3) is 0.357. The van der Waals surface area contributed by atoms with Gasteiger partial charge in [-0.25, -0.2) is 14.3 Å². The number of aromatic nitrogens is 2. The second-order valence-electron chi connectivity index (χ2n) is 9.97. The number of aryl methyl sites for hydroxylation is 1. The number of esters is 1. The first kappa shape index (κ1) is 31.7. The number of aromatic amines is 1. The van der Waals surface area contributed by atoms with Crippen molar-refractivity contribution in [2.45, 2.75) is 45.2 Å². The number of H-pyrrole nitrogens is 1. The molecule has 3 N–H and O–H groups in total. The van der Waals surface area contributed by atoms with Crippen LogP contribution in [0.25, 0.3) is 0 Å². The molecule has 1 unspecified atom stereocenters. The number of Topliss-reactive ketones (excluding diaryl/α,β-unsaturated/α-hetero) is 1. The maximum atomic E-state index is 14.1. The minimum atomic E-state index is -3.73. The highest BCUT2D eigenvalue weighted by Gasteiger charge is 2.39. The molecular formula is C28H32Cl2N5O6P. The molecule has 14 heteroatoms. The summed E-state index contributed by atoms with van der Waals surface area (Å²) in [6, 6.07) is 10.8. The number of piperidine rings is 1. The number of carbonyl (C=O) groups excluding carboxylic acids is 3. The molecule has 1 aromatic heterocycles. The van der Waals surface area contributed by atoms with E-state index < -0.39 is 25.6 Å². The molecule has 1 amide bonds. The maximum absolute atomic E-state index is 14.1. The van der Waals surface area contributed by atoms with Gasteiger partial charge >= 0.3 is 13.6 Å². The van der Waals surface area contributed by atoms with Gasteiger partial charge in [-0.15, -0.1) is 0 Å². The highest BCUT2D eigenvalue weighted by molar-refractivity contribution is 7.54. The number of amides is 1. The lowest BCUT2D eigenvalue weighted by Gasteiger charge is -2.37. The smallest absolute Gasteiger partial charge is 0.393 e. The summed E-state index contributed by atoms with van der Waals surface area (Å²) in [5, 5.41) is 12.9. The third-order valence-corrected chi connectivity index (χ3v) is 9.82. The zero-order valence-corrected chi connectivity index (χ0v) is 25.8. The van der Waals surface area contributed by atoms with E-state index in [9.17, 15) is 18.9 Å². The van der Waals surface area contributed by atoms with Gasteiger partial charge in [0.05, 0.1) is 28.9 Å². The third-order valence-electron chi connectivity index (χ3n) is 6.88. The van der Waals surface area contributed by atoms with E-state index in [0.717, 1.165) is 5.56 Å². The number of ketones is 1. The number of methoxy groups -OCH3 is 1. The van der Waals surface area contributed by atoms with Crippen LogP contribution in [0.2, 0.25) is 10.0 Å². The van der Waals surface area contributed by atoms with Gasteiger partial charge in [-0.05, 0) is 51.0 Å². The fourth-order valence-electron chi connectivity index (χ4n) is 4.58. The molecule has 1 saturated heterocycles. The molecule has 0 aliphatic carbocycles. The summed E-state index contributed by atoms with van der Waals surface area (Å²) in [5.41, 5.74) is 1.77. The number of rotatable bonds is 11. The van der Waals surface area contributed by atoms with Crippen LogP contribution in [-0.4, -0.2) is 64.8 Å². The van der Waals surface area contributed by atoms with Crippen LogP contribution in [0.1, 0.15) is 51.7 Å². The Labute approximate surface area is 253 Å². The van der Waals surface area contributed by atoms with Crippen molar-refractivity contribution in [2.75, 3.05) is 20.2 Å². The summed E-state index contributed by atoms with van der Waals surface area (Å²) in [7, 11) is -2.47. The summed E-state index contributed by atoms with van der Waals surface area (Å²) in [4.78, 5) is 38.2. The lowest BCUT2D eigenvalue weighted by Crippen LogP contribution is -2.47. The van der Waals surface area contributed by atoms with E-state index >= 15 is 0 Å². The number of halogens is 2. The Morgan fingerprint density at radius 2 is 1.76 bits per heavy atom. The molecule has 42 heavy (non-hydrogen) atoms. The van der Waals surface area contributed by atoms with Crippen molar-refractivity contribution in [2.24, 2.45) is 0 Å². The molecule has 2 aromatic carbocycles. The molecule has 1 aliphatic rings. The first-order valence-corrected chi connectivity index (χ1v) is 15.6. The molecule has 3 aromatic rings. The minimum absolute atomic E-state index is 0.120. The van der Waals surface area contributed by atoms with Gasteiger partial charge in [0.1, 0.15) is 17.5 Å². The van der Waals surface area contributed by atoms with E-state index in [2.05, 4.69) is 20.6 Å². The summed E-state index contributed by atoms with van der Waals surface area (Å²) in [6.07, 6.45) is 2.22. The van der Waals surface area contributed by atoms with E-state index in [1.807, 2.05) is 19.1 Å². The number of benzene rings is 2. The quantitative estimate of drug-likeness (QED) is 0.151. The van der Waals surface area contributed by atoms with Gasteiger partial charge in [-0.1, -0.05) is 47.0 Å². The van der Waals surface area contributed by atoms with Gasteiger partial charge < -0.3 is 14.6 Å². The average molecular weight is 636 g/mol. The van der Waals surface area contributed by atoms with Crippen molar-refractivity contribution in [3.8, 4) is 5.75 Å². The monoisotopic (exact) mass is 635 g/mol. The summed E-state index contributed by atoms with van der Waals surface area (Å²) in [6.45, 7) is 4.11. The van der Waals surface area contributed by atoms with Gasteiger partial charge in [-0.3, -0.25) is 19.5 Å². The molecular weight excluding hydrogens is 604 g/mol. The van der Waals surface area contributed by atoms with Gasteiger partial charge in [0, 0.05) is 31.1 Å². The van der Waals surface area contributed by atoms with E-state index in [1.165, 1.54) is 13.3 Å². The van der Waals surface area contributed by atoms with Crippen molar-refractivity contribution >= 4 is 48.5 Å². The Balaban J connectivity index is 1.41. The van der Waals surface area contributed by atoms with Crippen molar-refractivity contribution in [3.05, 3.63) is 81.1 Å². The van der Waals surface area contributed by atoms with Crippen LogP contribution in [0.3, 0.4) is 0 Å². The first-order chi connectivity index (χ1) is 20.0. The van der Waals surface area contributed by atoms with E-state index in [-0.39, 0.29) is 39.5 Å². The molecule has 224 valence electrons. The van der Waals surface area contributed by atoms with E-state index in [0.29, 0.717) is 37.2 Å². The average Bonchev–Trinajstić information content (AvgIpc) is 3.42. The zero-order valence-electron chi connectivity index (χ0n) is 23.4. The van der Waals surface area contributed by atoms with E-state index in [1.54, 1.807) is 41.9 Å². The number of nitrogens with zero attached hydrogens (tertiary/aromatic N) is 2. The number of ether oxygens (including phenoxy) is 1. The Bertz CT molecular complexity index is 1470. The number of carbonyl (C=O) groups is 3. The van der Waals surface area contributed by atoms with Crippen LogP contribution >= 0.6 is 30.9 Å². The second kappa shape index (κ2) is 13.8. The highest BCUT2D eigenvalue weighted by atomic mass is 35.5.